The van der Waals surface area contributed by atoms with Crippen LogP contribution in [0.25, 0.3) is 0 Å². The van der Waals surface area contributed by atoms with Crippen LogP contribution < -0.4 is 10.5 Å². The van der Waals surface area contributed by atoms with E-state index in [0.717, 1.165) is 6.08 Å². The van der Waals surface area contributed by atoms with E-state index in [1.54, 1.807) is 24.3 Å². The molecular weight excluding hydrogens is 184 g/mol. The van der Waals surface area contributed by atoms with Crippen LogP contribution in [0.2, 0.25) is 0 Å². The first kappa shape index (κ1) is 12.0. The molecule has 0 unspecified atom stereocenters. The quantitative estimate of drug-likeness (QED) is 0.309. The monoisotopic (exact) mass is 194 g/mol. The van der Waals surface area contributed by atoms with Crippen LogP contribution in [0.4, 0.5) is 0 Å². The van der Waals surface area contributed by atoms with Gasteiger partial charge in [-0.15, -0.1) is 0 Å². The molecule has 1 rings (SSSR count). The first-order valence-corrected chi connectivity index (χ1v) is 3.74. The lowest BCUT2D eigenvalue weighted by molar-refractivity contribution is -0.132. The van der Waals surface area contributed by atoms with Crippen molar-refractivity contribution in [3.63, 3.8) is 0 Å². The van der Waals surface area contributed by atoms with Crippen molar-refractivity contribution >= 4 is 12.0 Å². The van der Waals surface area contributed by atoms with Gasteiger partial charge in [0.15, 0.2) is 0 Å². The standard InChI is InChI=1S/C8H9NO2.CHNO/c9-6-8(10)11-7-4-2-1-3-5-7;2-1-3/h1-5H,6,9H2;2H. The van der Waals surface area contributed by atoms with E-state index in [4.69, 9.17) is 20.7 Å². The Kier molecular flexibility index (Phi) is 6.59. The highest BCUT2D eigenvalue weighted by molar-refractivity contribution is 5.74. The van der Waals surface area contributed by atoms with Gasteiger partial charge >= 0.3 is 5.97 Å². The van der Waals surface area contributed by atoms with E-state index >= 15 is 0 Å². The van der Waals surface area contributed by atoms with Gasteiger partial charge in [0, 0.05) is 0 Å². The third kappa shape index (κ3) is 5.65. The topological polar surface area (TPSA) is 93.2 Å². The lowest BCUT2D eigenvalue weighted by Crippen LogP contribution is -2.19. The molecule has 0 spiro atoms. The first-order chi connectivity index (χ1) is 6.74. The number of carbonyl (C=O) groups excluding carboxylic acids is 2. The van der Waals surface area contributed by atoms with Crippen LogP contribution in [0.15, 0.2) is 30.3 Å². The predicted molar refractivity (Wildman–Crippen MR) is 49.5 cm³/mol. The number of para-hydroxylation sites is 1. The third-order valence-electron chi connectivity index (χ3n) is 1.14. The summed E-state index contributed by atoms with van der Waals surface area (Å²) in [4.78, 5) is 19.0. The second-order valence-corrected chi connectivity index (χ2v) is 2.09. The maximum Gasteiger partial charge on any atom is 0.325 e. The average Bonchev–Trinajstić information content (AvgIpc) is 2.20. The van der Waals surface area contributed by atoms with E-state index in [2.05, 4.69) is 0 Å². The van der Waals surface area contributed by atoms with E-state index in [0.29, 0.717) is 5.75 Å². The molecule has 3 N–H and O–H groups in total. The molecule has 0 atom stereocenters. The van der Waals surface area contributed by atoms with Crippen molar-refractivity contribution in [2.45, 2.75) is 0 Å². The fourth-order valence-corrected chi connectivity index (χ4v) is 0.662. The molecule has 5 heteroatoms. The molecule has 14 heavy (non-hydrogen) atoms. The highest BCUT2D eigenvalue weighted by Gasteiger charge is 1.98. The Morgan fingerprint density at radius 2 is 1.93 bits per heavy atom. The Balaban J connectivity index is 0.000000500. The largest absolute Gasteiger partial charge is 0.426 e. The van der Waals surface area contributed by atoms with Gasteiger partial charge in [-0.2, -0.15) is 0 Å². The maximum absolute atomic E-state index is 10.6. The molecule has 1 aromatic rings. The second kappa shape index (κ2) is 7.67. The molecule has 0 heterocycles. The Morgan fingerprint density at radius 1 is 1.43 bits per heavy atom. The van der Waals surface area contributed by atoms with Crippen LogP contribution in [0.3, 0.4) is 0 Å². The number of hydrogen-bond acceptors (Lipinski definition) is 5. The molecule has 0 saturated heterocycles. The van der Waals surface area contributed by atoms with Crippen molar-refractivity contribution in [1.29, 1.82) is 5.41 Å². The number of rotatable bonds is 2. The van der Waals surface area contributed by atoms with Crippen LogP contribution in [0.5, 0.6) is 5.75 Å². The van der Waals surface area contributed by atoms with E-state index in [1.165, 1.54) is 0 Å². The molecular formula is C9H10N2O3. The zero-order valence-electron chi connectivity index (χ0n) is 7.40. The normalized spacial score (nSPS) is 7.79. The number of esters is 1. The minimum Gasteiger partial charge on any atom is -0.426 e. The van der Waals surface area contributed by atoms with Crippen LogP contribution in [-0.2, 0) is 9.59 Å². The lowest BCUT2D eigenvalue weighted by Gasteiger charge is -1.99. The van der Waals surface area contributed by atoms with Crippen molar-refractivity contribution in [1.82, 2.24) is 0 Å². The lowest BCUT2D eigenvalue weighted by atomic mass is 10.3. The minimum absolute atomic E-state index is 0.0884. The summed E-state index contributed by atoms with van der Waals surface area (Å²) < 4.78 is 4.80. The summed E-state index contributed by atoms with van der Waals surface area (Å²) in [7, 11) is 0. The maximum atomic E-state index is 10.6. The molecule has 0 aliphatic carbocycles. The van der Waals surface area contributed by atoms with Crippen molar-refractivity contribution < 1.29 is 14.3 Å². The molecule has 0 aliphatic heterocycles. The van der Waals surface area contributed by atoms with E-state index < -0.39 is 5.97 Å². The molecule has 0 bridgehead atoms. The third-order valence-corrected chi connectivity index (χ3v) is 1.14. The smallest absolute Gasteiger partial charge is 0.325 e. The summed E-state index contributed by atoms with van der Waals surface area (Å²) in [6.45, 7) is -0.0884. The van der Waals surface area contributed by atoms with Gasteiger partial charge in [0.1, 0.15) is 5.75 Å². The number of ether oxygens (including phenoxy) is 1. The van der Waals surface area contributed by atoms with Gasteiger partial charge in [-0.1, -0.05) is 18.2 Å². The van der Waals surface area contributed by atoms with Gasteiger partial charge in [0.2, 0.25) is 6.08 Å². The fraction of sp³-hybridized carbons (Fsp3) is 0.111. The predicted octanol–water partition coefficient (Wildman–Crippen LogP) is 0.452. The van der Waals surface area contributed by atoms with Gasteiger partial charge in [-0.25, -0.2) is 10.2 Å². The number of nitrogens with two attached hydrogens (primary N) is 1. The van der Waals surface area contributed by atoms with Gasteiger partial charge in [0.05, 0.1) is 6.54 Å². The van der Waals surface area contributed by atoms with E-state index in [-0.39, 0.29) is 6.54 Å². The number of nitrogens with one attached hydrogen (secondary N) is 1. The molecule has 0 amide bonds. The average molecular weight is 194 g/mol. The molecule has 0 aromatic heterocycles. The Hall–Kier alpha value is -1.97. The summed E-state index contributed by atoms with van der Waals surface area (Å²) in [6, 6.07) is 8.83. The Bertz CT molecular complexity index is 305. The zero-order chi connectivity index (χ0) is 10.8. The molecule has 1 aromatic carbocycles. The summed E-state index contributed by atoms with van der Waals surface area (Å²) in [5, 5.41) is 5.40. The van der Waals surface area contributed by atoms with Crippen molar-refractivity contribution in [2.24, 2.45) is 5.73 Å². The van der Waals surface area contributed by atoms with Crippen LogP contribution in [0, 0.1) is 5.41 Å². The number of isocyanates is 1. The molecule has 74 valence electrons. The van der Waals surface area contributed by atoms with E-state index in [9.17, 15) is 4.79 Å². The van der Waals surface area contributed by atoms with E-state index in [1.807, 2.05) is 6.07 Å². The molecule has 5 nitrogen and oxygen atoms in total. The zero-order valence-corrected chi connectivity index (χ0v) is 7.40. The summed E-state index contributed by atoms with van der Waals surface area (Å²) >= 11 is 0. The number of hydrogen-bond donors (Lipinski definition) is 2. The van der Waals surface area contributed by atoms with Gasteiger partial charge in [-0.3, -0.25) is 4.79 Å². The van der Waals surface area contributed by atoms with Crippen LogP contribution in [-0.4, -0.2) is 18.6 Å². The first-order valence-electron chi connectivity index (χ1n) is 3.74. The van der Waals surface area contributed by atoms with Crippen molar-refractivity contribution in [2.75, 3.05) is 6.54 Å². The van der Waals surface area contributed by atoms with Crippen molar-refractivity contribution in [3.05, 3.63) is 30.3 Å². The minimum atomic E-state index is -0.420. The SMILES string of the molecule is N=C=O.NCC(=O)Oc1ccccc1. The van der Waals surface area contributed by atoms with Gasteiger partial charge < -0.3 is 10.5 Å². The Morgan fingerprint density at radius 3 is 2.36 bits per heavy atom. The fourth-order valence-electron chi connectivity index (χ4n) is 0.662. The second-order valence-electron chi connectivity index (χ2n) is 2.09. The summed E-state index contributed by atoms with van der Waals surface area (Å²) in [5.74, 6) is 0.110. The van der Waals surface area contributed by atoms with Crippen LogP contribution >= 0.6 is 0 Å². The van der Waals surface area contributed by atoms with Crippen molar-refractivity contribution in [3.8, 4) is 5.75 Å². The van der Waals surface area contributed by atoms with Gasteiger partial charge in [-0.05, 0) is 12.1 Å². The number of benzene rings is 1. The Labute approximate surface area is 81.0 Å². The highest BCUT2D eigenvalue weighted by atomic mass is 16.5. The summed E-state index contributed by atoms with van der Waals surface area (Å²) in [5.41, 5.74) is 5.05. The molecule has 0 saturated carbocycles. The molecule has 0 fully saturated rings. The molecule has 0 aliphatic rings. The summed E-state index contributed by atoms with van der Waals surface area (Å²) in [6.07, 6.45) is 0.750. The van der Waals surface area contributed by atoms with Crippen LogP contribution in [0.1, 0.15) is 0 Å². The highest BCUT2D eigenvalue weighted by Crippen LogP contribution is 2.07. The van der Waals surface area contributed by atoms with Gasteiger partial charge in [0.25, 0.3) is 0 Å². The number of carbonyl (C=O) groups is 1. The molecule has 0 radical (unpaired) electrons.